The Kier molecular flexibility index (Phi) is 6.33. The van der Waals surface area contributed by atoms with E-state index in [2.05, 4.69) is 5.32 Å². The molecule has 0 spiro atoms. The van der Waals surface area contributed by atoms with E-state index >= 15 is 0 Å². The molecule has 29 heavy (non-hydrogen) atoms. The number of anilines is 1. The molecule has 9 heteroatoms. The number of para-hydroxylation sites is 2. The van der Waals surface area contributed by atoms with Gasteiger partial charge in [0.25, 0.3) is 5.91 Å². The van der Waals surface area contributed by atoms with E-state index in [1.165, 1.54) is 10.6 Å². The number of hydrogen-bond acceptors (Lipinski definition) is 4. The fourth-order valence-corrected chi connectivity index (χ4v) is 3.18. The van der Waals surface area contributed by atoms with Gasteiger partial charge in [0, 0.05) is 6.54 Å². The first-order valence-corrected chi connectivity index (χ1v) is 9.37. The molecule has 7 nitrogen and oxygen atoms in total. The summed E-state index contributed by atoms with van der Waals surface area (Å²) >= 11 is 5.84. The van der Waals surface area contributed by atoms with Crippen LogP contribution in [0, 0.1) is 5.82 Å². The van der Waals surface area contributed by atoms with Crippen LogP contribution in [0.15, 0.2) is 47.3 Å². The summed E-state index contributed by atoms with van der Waals surface area (Å²) in [5, 5.41) is 2.46. The number of carbonyl (C=O) groups is 2. The minimum Gasteiger partial charge on any atom is -0.454 e. The standard InChI is InChI=1S/C20H19ClFN3O4/c1-2-9-24-16-5-3-4-6-17(16)25(20(24)28)11-19(27)29-12-18(26)23-15-8-7-13(22)10-14(15)21/h3-8,10H,2,9,11-12H2,1H3,(H,23,26). The van der Waals surface area contributed by atoms with E-state index in [0.717, 1.165) is 24.1 Å². The van der Waals surface area contributed by atoms with Crippen LogP contribution in [0.3, 0.4) is 0 Å². The SMILES string of the molecule is CCCn1c(=O)n(CC(=O)OCC(=O)Nc2ccc(F)cc2Cl)c2ccccc21. The van der Waals surface area contributed by atoms with Crippen LogP contribution in [0.4, 0.5) is 10.1 Å². The Labute approximate surface area is 170 Å². The molecular weight excluding hydrogens is 401 g/mol. The molecule has 152 valence electrons. The zero-order valence-electron chi connectivity index (χ0n) is 15.7. The third kappa shape index (κ3) is 4.65. The average molecular weight is 420 g/mol. The van der Waals surface area contributed by atoms with Crippen LogP contribution < -0.4 is 11.0 Å². The lowest BCUT2D eigenvalue weighted by molar-refractivity contribution is -0.147. The largest absolute Gasteiger partial charge is 0.454 e. The van der Waals surface area contributed by atoms with Crippen molar-refractivity contribution in [2.75, 3.05) is 11.9 Å². The highest BCUT2D eigenvalue weighted by molar-refractivity contribution is 6.33. The predicted octanol–water partition coefficient (Wildman–Crippen LogP) is 3.19. The number of fused-ring (bicyclic) bond motifs is 1. The van der Waals surface area contributed by atoms with E-state index in [1.807, 2.05) is 19.1 Å². The highest BCUT2D eigenvalue weighted by Crippen LogP contribution is 2.22. The smallest absolute Gasteiger partial charge is 0.329 e. The van der Waals surface area contributed by atoms with E-state index in [-0.39, 0.29) is 22.9 Å². The molecule has 0 radical (unpaired) electrons. The van der Waals surface area contributed by atoms with Crippen molar-refractivity contribution in [2.45, 2.75) is 26.4 Å². The van der Waals surface area contributed by atoms with Crippen LogP contribution in [-0.2, 0) is 27.4 Å². The first-order chi connectivity index (χ1) is 13.9. The van der Waals surface area contributed by atoms with Gasteiger partial charge in [0.1, 0.15) is 12.4 Å². The number of halogens is 2. The molecule has 3 aromatic rings. The molecule has 0 bridgehead atoms. The lowest BCUT2D eigenvalue weighted by Crippen LogP contribution is -2.29. The van der Waals surface area contributed by atoms with Gasteiger partial charge in [0.15, 0.2) is 6.61 Å². The molecular formula is C20H19ClFN3O4. The van der Waals surface area contributed by atoms with Crippen molar-refractivity contribution in [3.63, 3.8) is 0 Å². The monoisotopic (exact) mass is 419 g/mol. The summed E-state index contributed by atoms with van der Waals surface area (Å²) in [6.45, 7) is 1.61. The first kappa shape index (κ1) is 20.6. The van der Waals surface area contributed by atoms with Crippen LogP contribution in [0.5, 0.6) is 0 Å². The number of aryl methyl sites for hydroxylation is 1. The Balaban J connectivity index is 1.66. The number of imidazole rings is 1. The van der Waals surface area contributed by atoms with Crippen molar-refractivity contribution in [1.29, 1.82) is 0 Å². The lowest BCUT2D eigenvalue weighted by atomic mass is 10.3. The molecule has 1 amide bonds. The topological polar surface area (TPSA) is 82.3 Å². The van der Waals surface area contributed by atoms with Gasteiger partial charge in [-0.2, -0.15) is 0 Å². The number of nitrogens with zero attached hydrogens (tertiary/aromatic N) is 2. The van der Waals surface area contributed by atoms with E-state index < -0.39 is 24.3 Å². The van der Waals surface area contributed by atoms with Crippen molar-refractivity contribution >= 4 is 40.2 Å². The number of nitrogens with one attached hydrogen (secondary N) is 1. The number of hydrogen-bond donors (Lipinski definition) is 1. The summed E-state index contributed by atoms with van der Waals surface area (Å²) in [5.74, 6) is -1.90. The van der Waals surface area contributed by atoms with E-state index in [4.69, 9.17) is 16.3 Å². The third-order valence-electron chi connectivity index (χ3n) is 4.23. The van der Waals surface area contributed by atoms with Gasteiger partial charge in [-0.15, -0.1) is 0 Å². The van der Waals surface area contributed by atoms with Crippen LogP contribution in [-0.4, -0.2) is 27.6 Å². The Bertz CT molecular complexity index is 1120. The fraction of sp³-hybridized carbons (Fsp3) is 0.250. The molecule has 2 aromatic carbocycles. The van der Waals surface area contributed by atoms with E-state index in [0.29, 0.717) is 12.1 Å². The van der Waals surface area contributed by atoms with Gasteiger partial charge in [-0.3, -0.25) is 18.7 Å². The molecule has 1 N–H and O–H groups in total. The number of benzene rings is 2. The fourth-order valence-electron chi connectivity index (χ4n) is 2.96. The zero-order valence-corrected chi connectivity index (χ0v) is 16.4. The van der Waals surface area contributed by atoms with Gasteiger partial charge in [-0.1, -0.05) is 30.7 Å². The number of esters is 1. The maximum absolute atomic E-state index is 13.0. The van der Waals surface area contributed by atoms with Crippen LogP contribution in [0.25, 0.3) is 11.0 Å². The summed E-state index contributed by atoms with van der Waals surface area (Å²) in [6, 6.07) is 10.7. The predicted molar refractivity (Wildman–Crippen MR) is 107 cm³/mol. The van der Waals surface area contributed by atoms with Crippen molar-refractivity contribution in [3.05, 3.63) is 63.8 Å². The van der Waals surface area contributed by atoms with Gasteiger partial charge < -0.3 is 10.1 Å². The lowest BCUT2D eigenvalue weighted by Gasteiger charge is -2.08. The van der Waals surface area contributed by atoms with Crippen molar-refractivity contribution < 1.29 is 18.7 Å². The molecule has 1 heterocycles. The Morgan fingerprint density at radius 3 is 2.48 bits per heavy atom. The molecule has 0 aliphatic carbocycles. The quantitative estimate of drug-likeness (QED) is 0.596. The number of amides is 1. The molecule has 0 fully saturated rings. The molecule has 0 aliphatic heterocycles. The number of rotatable bonds is 7. The van der Waals surface area contributed by atoms with Gasteiger partial charge in [0.2, 0.25) is 0 Å². The highest BCUT2D eigenvalue weighted by atomic mass is 35.5. The van der Waals surface area contributed by atoms with Crippen molar-refractivity contribution in [3.8, 4) is 0 Å². The number of aromatic nitrogens is 2. The second kappa shape index (κ2) is 8.91. The van der Waals surface area contributed by atoms with E-state index in [1.54, 1.807) is 16.7 Å². The van der Waals surface area contributed by atoms with Crippen LogP contribution in [0.1, 0.15) is 13.3 Å². The van der Waals surface area contributed by atoms with Gasteiger partial charge in [-0.25, -0.2) is 9.18 Å². The molecule has 1 aromatic heterocycles. The highest BCUT2D eigenvalue weighted by Gasteiger charge is 2.16. The first-order valence-electron chi connectivity index (χ1n) is 8.99. The second-order valence-electron chi connectivity index (χ2n) is 6.34. The molecule has 0 unspecified atom stereocenters. The van der Waals surface area contributed by atoms with Gasteiger partial charge in [-0.05, 0) is 36.8 Å². The summed E-state index contributed by atoms with van der Waals surface area (Å²) < 4.78 is 20.9. The van der Waals surface area contributed by atoms with Crippen LogP contribution >= 0.6 is 11.6 Å². The Hall–Kier alpha value is -3.13. The second-order valence-corrected chi connectivity index (χ2v) is 6.75. The molecule has 0 atom stereocenters. The minimum atomic E-state index is -0.730. The Morgan fingerprint density at radius 2 is 1.83 bits per heavy atom. The van der Waals surface area contributed by atoms with Gasteiger partial charge >= 0.3 is 11.7 Å². The molecule has 0 saturated heterocycles. The molecule has 3 rings (SSSR count). The number of carbonyl (C=O) groups excluding carboxylic acids is 2. The summed E-state index contributed by atoms with van der Waals surface area (Å²) in [5.41, 5.74) is 1.24. The molecule has 0 aliphatic rings. The van der Waals surface area contributed by atoms with Gasteiger partial charge in [0.05, 0.1) is 21.7 Å². The summed E-state index contributed by atoms with van der Waals surface area (Å²) in [6.07, 6.45) is 0.768. The third-order valence-corrected chi connectivity index (χ3v) is 4.54. The molecule has 0 saturated carbocycles. The van der Waals surface area contributed by atoms with Crippen LogP contribution in [0.2, 0.25) is 5.02 Å². The summed E-state index contributed by atoms with van der Waals surface area (Å²) in [4.78, 5) is 36.8. The van der Waals surface area contributed by atoms with E-state index in [9.17, 15) is 18.8 Å². The maximum Gasteiger partial charge on any atom is 0.329 e. The number of ether oxygens (including phenoxy) is 1. The van der Waals surface area contributed by atoms with Crippen molar-refractivity contribution in [2.24, 2.45) is 0 Å². The summed E-state index contributed by atoms with van der Waals surface area (Å²) in [7, 11) is 0. The zero-order chi connectivity index (χ0) is 21.0. The van der Waals surface area contributed by atoms with Crippen molar-refractivity contribution in [1.82, 2.24) is 9.13 Å². The Morgan fingerprint density at radius 1 is 1.14 bits per heavy atom. The normalized spacial score (nSPS) is 10.9. The average Bonchev–Trinajstić information content (AvgIpc) is 2.95. The minimum absolute atomic E-state index is 0.0277. The maximum atomic E-state index is 13.0.